The lowest BCUT2D eigenvalue weighted by Crippen LogP contribution is -2.31. The Labute approximate surface area is 129 Å². The Bertz CT molecular complexity index is 616. The van der Waals surface area contributed by atoms with E-state index in [2.05, 4.69) is 5.32 Å². The molecule has 0 aliphatic heterocycles. The molecule has 2 aromatic rings. The number of ether oxygens (including phenoxy) is 1. The van der Waals surface area contributed by atoms with E-state index in [4.69, 9.17) is 4.74 Å². The summed E-state index contributed by atoms with van der Waals surface area (Å²) < 4.78 is 17.9. The van der Waals surface area contributed by atoms with Crippen molar-refractivity contribution in [3.8, 4) is 11.5 Å². The van der Waals surface area contributed by atoms with Crippen LogP contribution in [0.1, 0.15) is 24.2 Å². The normalized spacial score (nSPS) is 13.6. The van der Waals surface area contributed by atoms with Gasteiger partial charge in [-0.25, -0.2) is 4.39 Å². The highest BCUT2D eigenvalue weighted by Crippen LogP contribution is 2.26. The number of hydrogen-bond acceptors (Lipinski definition) is 4. The van der Waals surface area contributed by atoms with Crippen LogP contribution in [0.25, 0.3) is 0 Å². The predicted molar refractivity (Wildman–Crippen MR) is 82.3 cm³/mol. The second-order valence-corrected chi connectivity index (χ2v) is 5.17. The molecule has 0 aromatic heterocycles. The van der Waals surface area contributed by atoms with Crippen molar-refractivity contribution in [1.29, 1.82) is 0 Å². The molecule has 4 nitrogen and oxygen atoms in total. The number of phenolic OH excluding ortho intramolecular Hbond substituents is 1. The number of phenols is 1. The molecule has 0 saturated carbocycles. The van der Waals surface area contributed by atoms with Crippen LogP contribution in [0.4, 0.5) is 4.39 Å². The molecule has 0 bridgehead atoms. The largest absolute Gasteiger partial charge is 0.504 e. The molecule has 3 N–H and O–H groups in total. The zero-order chi connectivity index (χ0) is 16.1. The van der Waals surface area contributed by atoms with Gasteiger partial charge in [-0.15, -0.1) is 0 Å². The second kappa shape index (κ2) is 7.24. The summed E-state index contributed by atoms with van der Waals surface area (Å²) >= 11 is 0. The number of halogens is 1. The second-order valence-electron chi connectivity index (χ2n) is 5.17. The quantitative estimate of drug-likeness (QED) is 0.768. The van der Waals surface area contributed by atoms with Gasteiger partial charge in [0, 0.05) is 12.6 Å². The number of aliphatic hydroxyl groups is 1. The van der Waals surface area contributed by atoms with E-state index in [0.717, 1.165) is 5.56 Å². The Morgan fingerprint density at radius 1 is 1.18 bits per heavy atom. The van der Waals surface area contributed by atoms with Crippen LogP contribution in [0.15, 0.2) is 42.5 Å². The van der Waals surface area contributed by atoms with Gasteiger partial charge in [0.15, 0.2) is 11.5 Å². The maximum Gasteiger partial charge on any atom is 0.160 e. The summed E-state index contributed by atoms with van der Waals surface area (Å²) in [5.41, 5.74) is 1.52. The summed E-state index contributed by atoms with van der Waals surface area (Å²) in [6.07, 6.45) is -0.743. The van der Waals surface area contributed by atoms with Crippen molar-refractivity contribution in [2.75, 3.05) is 7.11 Å². The molecule has 2 aromatic carbocycles. The van der Waals surface area contributed by atoms with E-state index >= 15 is 0 Å². The van der Waals surface area contributed by atoms with E-state index in [0.29, 0.717) is 17.9 Å². The Kier molecular flexibility index (Phi) is 5.35. The fourth-order valence-electron chi connectivity index (χ4n) is 2.18. The van der Waals surface area contributed by atoms with Crippen LogP contribution in [0, 0.1) is 5.82 Å². The van der Waals surface area contributed by atoms with Gasteiger partial charge in [-0.1, -0.05) is 18.2 Å². The van der Waals surface area contributed by atoms with E-state index in [1.54, 1.807) is 24.3 Å². The number of aliphatic hydroxyl groups excluding tert-OH is 1. The number of hydrogen-bond donors (Lipinski definition) is 3. The standard InChI is InChI=1S/C17H20FNO3/c1-11(17(21)13-4-6-14(18)7-5-13)19-10-12-3-8-16(22-2)15(20)9-12/h3-9,11,17,19-21H,10H2,1-2H3. The Morgan fingerprint density at radius 2 is 1.86 bits per heavy atom. The van der Waals surface area contributed by atoms with Gasteiger partial charge in [0.2, 0.25) is 0 Å². The average Bonchev–Trinajstić information content (AvgIpc) is 2.52. The fourth-order valence-corrected chi connectivity index (χ4v) is 2.18. The maximum absolute atomic E-state index is 12.9. The monoisotopic (exact) mass is 305 g/mol. The van der Waals surface area contributed by atoms with E-state index in [9.17, 15) is 14.6 Å². The fraction of sp³-hybridized carbons (Fsp3) is 0.294. The first-order valence-electron chi connectivity index (χ1n) is 7.04. The van der Waals surface area contributed by atoms with Crippen LogP contribution in [-0.4, -0.2) is 23.4 Å². The molecule has 118 valence electrons. The van der Waals surface area contributed by atoms with E-state index in [-0.39, 0.29) is 17.6 Å². The third kappa shape index (κ3) is 3.96. The Hall–Kier alpha value is -2.11. The summed E-state index contributed by atoms with van der Waals surface area (Å²) in [7, 11) is 1.49. The van der Waals surface area contributed by atoms with Crippen molar-refractivity contribution in [1.82, 2.24) is 5.32 Å². The summed E-state index contributed by atoms with van der Waals surface area (Å²) in [6.45, 7) is 2.33. The highest BCUT2D eigenvalue weighted by atomic mass is 19.1. The summed E-state index contributed by atoms with van der Waals surface area (Å²) in [5.74, 6) is 0.168. The molecule has 0 spiro atoms. The summed E-state index contributed by atoms with van der Waals surface area (Å²) in [6, 6.07) is 10.7. The predicted octanol–water partition coefficient (Wildman–Crippen LogP) is 2.75. The van der Waals surface area contributed by atoms with E-state index in [1.807, 2.05) is 13.0 Å². The Morgan fingerprint density at radius 3 is 2.45 bits per heavy atom. The minimum atomic E-state index is -0.743. The first-order valence-corrected chi connectivity index (χ1v) is 7.04. The van der Waals surface area contributed by atoms with Gasteiger partial charge < -0.3 is 20.3 Å². The average molecular weight is 305 g/mol. The number of benzene rings is 2. The molecule has 2 atom stereocenters. The van der Waals surface area contributed by atoms with Crippen molar-refractivity contribution in [2.45, 2.75) is 25.6 Å². The smallest absolute Gasteiger partial charge is 0.160 e. The van der Waals surface area contributed by atoms with Crippen LogP contribution < -0.4 is 10.1 Å². The van der Waals surface area contributed by atoms with Gasteiger partial charge in [0.25, 0.3) is 0 Å². The highest BCUT2D eigenvalue weighted by molar-refractivity contribution is 5.41. The van der Waals surface area contributed by atoms with Gasteiger partial charge in [0.05, 0.1) is 13.2 Å². The van der Waals surface area contributed by atoms with Crippen molar-refractivity contribution < 1.29 is 19.3 Å². The first-order chi connectivity index (χ1) is 10.5. The topological polar surface area (TPSA) is 61.7 Å². The van der Waals surface area contributed by atoms with Gasteiger partial charge in [-0.2, -0.15) is 0 Å². The highest BCUT2D eigenvalue weighted by Gasteiger charge is 2.16. The maximum atomic E-state index is 12.9. The lowest BCUT2D eigenvalue weighted by molar-refractivity contribution is 0.135. The van der Waals surface area contributed by atoms with Crippen molar-refractivity contribution in [3.63, 3.8) is 0 Å². The van der Waals surface area contributed by atoms with Crippen molar-refractivity contribution in [2.24, 2.45) is 0 Å². The molecule has 0 radical (unpaired) electrons. The van der Waals surface area contributed by atoms with Crippen LogP contribution in [-0.2, 0) is 6.54 Å². The van der Waals surface area contributed by atoms with Gasteiger partial charge in [-0.05, 0) is 42.3 Å². The first kappa shape index (κ1) is 16.3. The number of methoxy groups -OCH3 is 1. The van der Waals surface area contributed by atoms with Crippen LogP contribution in [0.2, 0.25) is 0 Å². The molecule has 2 unspecified atom stereocenters. The zero-order valence-electron chi connectivity index (χ0n) is 12.6. The van der Waals surface area contributed by atoms with Crippen LogP contribution >= 0.6 is 0 Å². The number of aromatic hydroxyl groups is 1. The molecular weight excluding hydrogens is 285 g/mol. The minimum Gasteiger partial charge on any atom is -0.504 e. The molecule has 0 saturated heterocycles. The number of rotatable bonds is 6. The molecule has 0 aliphatic rings. The van der Waals surface area contributed by atoms with Crippen LogP contribution in [0.3, 0.4) is 0 Å². The molecule has 0 fully saturated rings. The SMILES string of the molecule is COc1ccc(CNC(C)C(O)c2ccc(F)cc2)cc1O. The lowest BCUT2D eigenvalue weighted by Gasteiger charge is -2.21. The van der Waals surface area contributed by atoms with Gasteiger partial charge in [0.1, 0.15) is 5.82 Å². The number of nitrogens with one attached hydrogen (secondary N) is 1. The summed E-state index contributed by atoms with van der Waals surface area (Å²) in [5, 5.41) is 23.2. The summed E-state index contributed by atoms with van der Waals surface area (Å²) in [4.78, 5) is 0. The van der Waals surface area contributed by atoms with Crippen molar-refractivity contribution in [3.05, 3.63) is 59.4 Å². The molecule has 0 heterocycles. The van der Waals surface area contributed by atoms with Crippen molar-refractivity contribution >= 4 is 0 Å². The van der Waals surface area contributed by atoms with Gasteiger partial charge >= 0.3 is 0 Å². The van der Waals surface area contributed by atoms with Gasteiger partial charge in [-0.3, -0.25) is 0 Å². The third-order valence-electron chi connectivity index (χ3n) is 3.56. The molecule has 5 heteroatoms. The third-order valence-corrected chi connectivity index (χ3v) is 3.56. The Balaban J connectivity index is 1.95. The molecule has 0 aliphatic carbocycles. The zero-order valence-corrected chi connectivity index (χ0v) is 12.6. The minimum absolute atomic E-state index is 0.0773. The molecule has 22 heavy (non-hydrogen) atoms. The molecule has 0 amide bonds. The van der Waals surface area contributed by atoms with E-state index < -0.39 is 6.10 Å². The van der Waals surface area contributed by atoms with Crippen LogP contribution in [0.5, 0.6) is 11.5 Å². The molecule has 2 rings (SSSR count). The molecular formula is C17H20FNO3. The lowest BCUT2D eigenvalue weighted by atomic mass is 10.0. The van der Waals surface area contributed by atoms with E-state index in [1.165, 1.54) is 19.2 Å².